The quantitative estimate of drug-likeness (QED) is 0.516. The van der Waals surface area contributed by atoms with Crippen LogP contribution >= 0.6 is 11.6 Å². The van der Waals surface area contributed by atoms with E-state index < -0.39 is 5.60 Å². The molecule has 32 heavy (non-hydrogen) atoms. The van der Waals surface area contributed by atoms with E-state index in [4.69, 9.17) is 21.3 Å². The molecule has 1 aromatic heterocycles. The highest BCUT2D eigenvalue weighted by Crippen LogP contribution is 2.29. The van der Waals surface area contributed by atoms with Crippen molar-refractivity contribution in [3.8, 4) is 0 Å². The summed E-state index contributed by atoms with van der Waals surface area (Å²) in [5.41, 5.74) is 2.57. The Bertz CT molecular complexity index is 1100. The smallest absolute Gasteiger partial charge is 0.410 e. The Morgan fingerprint density at radius 3 is 2.66 bits per heavy atom. The van der Waals surface area contributed by atoms with Crippen molar-refractivity contribution in [3.05, 3.63) is 59.1 Å². The molecular weight excluding hydrogens is 424 g/mol. The molecule has 4 rings (SSSR count). The van der Waals surface area contributed by atoms with Crippen molar-refractivity contribution >= 4 is 34.7 Å². The zero-order chi connectivity index (χ0) is 22.9. The minimum atomic E-state index is -0.511. The molecule has 2 aromatic carbocycles. The Morgan fingerprint density at radius 2 is 1.91 bits per heavy atom. The fourth-order valence-corrected chi connectivity index (χ4v) is 4.39. The fourth-order valence-electron chi connectivity index (χ4n) is 4.19. The van der Waals surface area contributed by atoms with Crippen LogP contribution in [0.3, 0.4) is 0 Å². The first-order chi connectivity index (χ1) is 15.2. The summed E-state index contributed by atoms with van der Waals surface area (Å²) in [5.74, 6) is 0.911. The number of ether oxygens (including phenoxy) is 1. The third-order valence-corrected chi connectivity index (χ3v) is 6.20. The molecule has 0 aliphatic carbocycles. The molecule has 0 saturated carbocycles. The lowest BCUT2D eigenvalue weighted by Gasteiger charge is -2.38. The van der Waals surface area contributed by atoms with E-state index in [1.165, 1.54) is 0 Å². The average molecular weight is 455 g/mol. The summed E-state index contributed by atoms with van der Waals surface area (Å²) in [6, 6.07) is 16.2. The van der Waals surface area contributed by atoms with Gasteiger partial charge in [0.15, 0.2) is 0 Å². The van der Waals surface area contributed by atoms with E-state index in [2.05, 4.69) is 21.6 Å². The van der Waals surface area contributed by atoms with Crippen molar-refractivity contribution in [3.63, 3.8) is 0 Å². The van der Waals surface area contributed by atoms with E-state index in [1.807, 2.05) is 64.2 Å². The number of anilines is 1. The lowest BCUT2D eigenvalue weighted by atomic mass is 10.1. The number of para-hydroxylation sites is 2. The highest BCUT2D eigenvalue weighted by Gasteiger charge is 2.31. The molecule has 1 fully saturated rings. The molecule has 6 nitrogen and oxygen atoms in total. The van der Waals surface area contributed by atoms with Crippen molar-refractivity contribution < 1.29 is 9.53 Å². The Hall–Kier alpha value is -2.73. The van der Waals surface area contributed by atoms with Gasteiger partial charge in [0.1, 0.15) is 5.60 Å². The van der Waals surface area contributed by atoms with Crippen LogP contribution in [-0.4, -0.2) is 52.3 Å². The minimum Gasteiger partial charge on any atom is -0.444 e. The topological polar surface area (TPSA) is 50.6 Å². The van der Waals surface area contributed by atoms with E-state index in [1.54, 1.807) is 4.90 Å². The maximum Gasteiger partial charge on any atom is 0.410 e. The SMILES string of the molecule is CN(C(=O)OC(C)(C)C)C1CCCN(c2nc3ccccc3n2Cc2ccccc2Cl)C1. The maximum atomic E-state index is 12.6. The third kappa shape index (κ3) is 4.85. The number of nitrogens with zero attached hydrogens (tertiary/aromatic N) is 4. The molecule has 0 bridgehead atoms. The van der Waals surface area contributed by atoms with Crippen LogP contribution in [0.5, 0.6) is 0 Å². The number of rotatable bonds is 4. The van der Waals surface area contributed by atoms with Crippen LogP contribution in [-0.2, 0) is 11.3 Å². The summed E-state index contributed by atoms with van der Waals surface area (Å²) in [4.78, 5) is 21.6. The van der Waals surface area contributed by atoms with Crippen molar-refractivity contribution in [2.75, 3.05) is 25.0 Å². The minimum absolute atomic E-state index is 0.0622. The third-order valence-electron chi connectivity index (χ3n) is 5.83. The van der Waals surface area contributed by atoms with Crippen LogP contribution in [0, 0.1) is 0 Å². The van der Waals surface area contributed by atoms with Crippen LogP contribution in [0.25, 0.3) is 11.0 Å². The number of hydrogen-bond donors (Lipinski definition) is 0. The van der Waals surface area contributed by atoms with E-state index in [0.717, 1.165) is 47.0 Å². The summed E-state index contributed by atoms with van der Waals surface area (Å²) >= 11 is 6.48. The Kier molecular flexibility index (Phi) is 6.33. The number of halogens is 1. The van der Waals surface area contributed by atoms with E-state index >= 15 is 0 Å². The molecule has 170 valence electrons. The first kappa shape index (κ1) is 22.5. The molecular formula is C25H31ClN4O2. The average Bonchev–Trinajstić information content (AvgIpc) is 3.12. The van der Waals surface area contributed by atoms with Crippen LogP contribution in [0.4, 0.5) is 10.7 Å². The number of piperidine rings is 1. The number of carbonyl (C=O) groups excluding carboxylic acids is 1. The molecule has 1 saturated heterocycles. The number of benzene rings is 2. The predicted molar refractivity (Wildman–Crippen MR) is 130 cm³/mol. The van der Waals surface area contributed by atoms with Crippen LogP contribution in [0.1, 0.15) is 39.2 Å². The molecule has 7 heteroatoms. The van der Waals surface area contributed by atoms with E-state index in [9.17, 15) is 4.79 Å². The van der Waals surface area contributed by atoms with E-state index in [-0.39, 0.29) is 12.1 Å². The monoisotopic (exact) mass is 454 g/mol. The van der Waals surface area contributed by atoms with Crippen molar-refractivity contribution in [1.82, 2.24) is 14.5 Å². The van der Waals surface area contributed by atoms with Gasteiger partial charge in [-0.15, -0.1) is 0 Å². The van der Waals surface area contributed by atoms with Gasteiger partial charge in [0.05, 0.1) is 23.6 Å². The Balaban J connectivity index is 1.63. The molecule has 1 amide bonds. The molecule has 1 atom stereocenters. The standard InChI is InChI=1S/C25H31ClN4O2/c1-25(2,3)32-24(31)28(4)19-11-9-15-29(17-19)23-27-21-13-7-8-14-22(21)30(23)16-18-10-5-6-12-20(18)26/h5-8,10,12-14,19H,9,11,15-17H2,1-4H3. The van der Waals surface area contributed by atoms with Gasteiger partial charge in [-0.2, -0.15) is 0 Å². The highest BCUT2D eigenvalue weighted by atomic mass is 35.5. The lowest BCUT2D eigenvalue weighted by molar-refractivity contribution is 0.0209. The molecule has 0 spiro atoms. The first-order valence-electron chi connectivity index (χ1n) is 11.1. The lowest BCUT2D eigenvalue weighted by Crippen LogP contribution is -2.50. The van der Waals surface area contributed by atoms with Crippen LogP contribution < -0.4 is 4.90 Å². The summed E-state index contributed by atoms with van der Waals surface area (Å²) < 4.78 is 7.82. The van der Waals surface area contributed by atoms with Gasteiger partial charge in [-0.05, 0) is 57.4 Å². The van der Waals surface area contributed by atoms with Gasteiger partial charge in [0, 0.05) is 25.2 Å². The largest absolute Gasteiger partial charge is 0.444 e. The summed E-state index contributed by atoms with van der Waals surface area (Å²) in [7, 11) is 1.83. The van der Waals surface area contributed by atoms with Gasteiger partial charge in [-0.3, -0.25) is 0 Å². The molecule has 1 unspecified atom stereocenters. The van der Waals surface area contributed by atoms with E-state index in [0.29, 0.717) is 13.1 Å². The van der Waals surface area contributed by atoms with Gasteiger partial charge in [0.25, 0.3) is 0 Å². The number of carbonyl (C=O) groups is 1. The molecule has 1 aliphatic rings. The number of imidazole rings is 1. The van der Waals surface area contributed by atoms with Crippen LogP contribution in [0.2, 0.25) is 5.02 Å². The number of fused-ring (bicyclic) bond motifs is 1. The van der Waals surface area contributed by atoms with Crippen molar-refractivity contribution in [2.45, 2.75) is 51.8 Å². The Labute approximate surface area is 194 Å². The predicted octanol–water partition coefficient (Wildman–Crippen LogP) is 5.57. The maximum absolute atomic E-state index is 12.6. The second-order valence-corrected chi connectivity index (χ2v) is 9.82. The molecule has 2 heterocycles. The molecule has 0 N–H and O–H groups in total. The second-order valence-electron chi connectivity index (χ2n) is 9.41. The molecule has 1 aliphatic heterocycles. The van der Waals surface area contributed by atoms with Gasteiger partial charge in [-0.1, -0.05) is 41.9 Å². The normalized spacial score (nSPS) is 16.9. The number of hydrogen-bond acceptors (Lipinski definition) is 4. The summed E-state index contributed by atoms with van der Waals surface area (Å²) in [5, 5.41) is 0.748. The van der Waals surface area contributed by atoms with Gasteiger partial charge >= 0.3 is 6.09 Å². The summed E-state index contributed by atoms with van der Waals surface area (Å²) in [6.07, 6.45) is 1.64. The zero-order valence-corrected chi connectivity index (χ0v) is 20.0. The van der Waals surface area contributed by atoms with Crippen molar-refractivity contribution in [2.24, 2.45) is 0 Å². The molecule has 3 aromatic rings. The molecule has 0 radical (unpaired) electrons. The fraction of sp³-hybridized carbons (Fsp3) is 0.440. The zero-order valence-electron chi connectivity index (χ0n) is 19.2. The van der Waals surface area contributed by atoms with Gasteiger partial charge in [-0.25, -0.2) is 9.78 Å². The summed E-state index contributed by atoms with van der Waals surface area (Å²) in [6.45, 7) is 7.92. The Morgan fingerprint density at radius 1 is 1.19 bits per heavy atom. The number of likely N-dealkylation sites (N-methyl/N-ethyl adjacent to an activating group) is 1. The van der Waals surface area contributed by atoms with Gasteiger partial charge in [0.2, 0.25) is 5.95 Å². The van der Waals surface area contributed by atoms with Gasteiger partial charge < -0.3 is 19.1 Å². The first-order valence-corrected chi connectivity index (χ1v) is 11.5. The van der Waals surface area contributed by atoms with Crippen LogP contribution in [0.15, 0.2) is 48.5 Å². The number of aromatic nitrogens is 2. The number of amides is 1. The second kappa shape index (κ2) is 9.02. The highest BCUT2D eigenvalue weighted by molar-refractivity contribution is 6.31. The van der Waals surface area contributed by atoms with Crippen molar-refractivity contribution in [1.29, 1.82) is 0 Å².